The van der Waals surface area contributed by atoms with Crippen LogP contribution < -0.4 is 5.32 Å². The molecule has 72 valence electrons. The summed E-state index contributed by atoms with van der Waals surface area (Å²) in [6.45, 7) is 2.92. The first kappa shape index (κ1) is 8.04. The van der Waals surface area contributed by atoms with Gasteiger partial charge in [0.1, 0.15) is 0 Å². The molecule has 1 aliphatic heterocycles. The van der Waals surface area contributed by atoms with Gasteiger partial charge in [0.2, 0.25) is 5.91 Å². The van der Waals surface area contributed by atoms with Crippen LogP contribution in [-0.2, 0) is 10.2 Å². The number of carbonyl (C=O) groups excluding carboxylic acids is 1. The van der Waals surface area contributed by atoms with E-state index in [1.807, 2.05) is 0 Å². The van der Waals surface area contributed by atoms with Crippen molar-refractivity contribution in [3.05, 3.63) is 35.4 Å². The second-order valence-electron chi connectivity index (χ2n) is 4.50. The number of nitrogens with one attached hydrogen (secondary N) is 1. The Bertz CT molecular complexity index is 395. The Morgan fingerprint density at radius 1 is 1.36 bits per heavy atom. The molecular weight excluding hydrogens is 174 g/mol. The summed E-state index contributed by atoms with van der Waals surface area (Å²) in [4.78, 5) is 11.4. The highest BCUT2D eigenvalue weighted by Crippen LogP contribution is 2.56. The molecule has 3 rings (SSSR count). The quantitative estimate of drug-likeness (QED) is 0.707. The fourth-order valence-electron chi connectivity index (χ4n) is 2.52. The first-order chi connectivity index (χ1) is 6.72. The number of piperidine rings is 1. The maximum Gasteiger partial charge on any atom is 0.224 e. The molecule has 1 amide bonds. The highest BCUT2D eigenvalue weighted by atomic mass is 16.2. The molecule has 2 nitrogen and oxygen atoms in total. The van der Waals surface area contributed by atoms with Gasteiger partial charge in [-0.3, -0.25) is 4.79 Å². The van der Waals surface area contributed by atoms with Gasteiger partial charge in [-0.1, -0.05) is 29.8 Å². The number of benzene rings is 1. The maximum atomic E-state index is 11.4. The summed E-state index contributed by atoms with van der Waals surface area (Å²) in [7, 11) is 0. The molecule has 1 heterocycles. The smallest absolute Gasteiger partial charge is 0.224 e. The van der Waals surface area contributed by atoms with E-state index in [0.717, 1.165) is 13.0 Å². The predicted molar refractivity (Wildman–Crippen MR) is 54.0 cm³/mol. The molecule has 2 fully saturated rings. The van der Waals surface area contributed by atoms with Gasteiger partial charge in [-0.15, -0.1) is 0 Å². The molecule has 0 spiro atoms. The monoisotopic (exact) mass is 187 g/mol. The van der Waals surface area contributed by atoms with Gasteiger partial charge in [0.25, 0.3) is 0 Å². The third-order valence-corrected chi connectivity index (χ3v) is 3.60. The van der Waals surface area contributed by atoms with Gasteiger partial charge < -0.3 is 5.32 Å². The molecule has 1 N–H and O–H groups in total. The summed E-state index contributed by atoms with van der Waals surface area (Å²) in [5.74, 6) is 0.496. The lowest BCUT2D eigenvalue weighted by Gasteiger charge is -2.11. The summed E-state index contributed by atoms with van der Waals surface area (Å²) < 4.78 is 0. The number of hydrogen-bond acceptors (Lipinski definition) is 1. The zero-order valence-electron chi connectivity index (χ0n) is 8.21. The fourth-order valence-corrected chi connectivity index (χ4v) is 2.52. The van der Waals surface area contributed by atoms with Crippen LogP contribution in [0.25, 0.3) is 0 Å². The van der Waals surface area contributed by atoms with E-state index in [9.17, 15) is 4.79 Å². The summed E-state index contributed by atoms with van der Waals surface area (Å²) in [5.41, 5.74) is 2.76. The average Bonchev–Trinajstić information content (AvgIpc) is 2.84. The third-order valence-electron chi connectivity index (χ3n) is 3.60. The minimum Gasteiger partial charge on any atom is -0.355 e. The number of fused-ring (bicyclic) bond motifs is 1. The fraction of sp³-hybridized carbons (Fsp3) is 0.417. The van der Waals surface area contributed by atoms with Crippen molar-refractivity contribution in [2.75, 3.05) is 6.54 Å². The van der Waals surface area contributed by atoms with Crippen LogP contribution in [0.5, 0.6) is 0 Å². The highest BCUT2D eigenvalue weighted by molar-refractivity contribution is 5.88. The van der Waals surface area contributed by atoms with Crippen molar-refractivity contribution >= 4 is 5.91 Å². The molecule has 2 heteroatoms. The molecule has 1 aromatic carbocycles. The van der Waals surface area contributed by atoms with Crippen LogP contribution in [-0.4, -0.2) is 12.5 Å². The Balaban J connectivity index is 1.98. The summed E-state index contributed by atoms with van der Waals surface area (Å²) in [5, 5.41) is 2.93. The van der Waals surface area contributed by atoms with Gasteiger partial charge in [-0.25, -0.2) is 0 Å². The highest BCUT2D eigenvalue weighted by Gasteiger charge is 2.63. The normalized spacial score (nSPS) is 33.8. The van der Waals surface area contributed by atoms with Crippen molar-refractivity contribution in [2.45, 2.75) is 18.8 Å². The van der Waals surface area contributed by atoms with E-state index >= 15 is 0 Å². The number of hydrogen-bond donors (Lipinski definition) is 1. The van der Waals surface area contributed by atoms with Crippen LogP contribution >= 0.6 is 0 Å². The SMILES string of the molecule is Cc1ccc([C@]23CNC(=O)C2C3)cc1. The number of amides is 1. The van der Waals surface area contributed by atoms with E-state index in [0.29, 0.717) is 0 Å². The second-order valence-corrected chi connectivity index (χ2v) is 4.50. The van der Waals surface area contributed by atoms with E-state index in [-0.39, 0.29) is 17.2 Å². The first-order valence-corrected chi connectivity index (χ1v) is 5.07. The first-order valence-electron chi connectivity index (χ1n) is 5.07. The van der Waals surface area contributed by atoms with Crippen molar-refractivity contribution in [1.29, 1.82) is 0 Å². The number of rotatable bonds is 1. The van der Waals surface area contributed by atoms with Crippen molar-refractivity contribution in [3.8, 4) is 0 Å². The molecule has 14 heavy (non-hydrogen) atoms. The summed E-state index contributed by atoms with van der Waals surface area (Å²) in [6, 6.07) is 8.58. The van der Waals surface area contributed by atoms with Crippen molar-refractivity contribution < 1.29 is 4.79 Å². The van der Waals surface area contributed by atoms with E-state index < -0.39 is 0 Å². The molecule has 0 bridgehead atoms. The van der Waals surface area contributed by atoms with E-state index in [2.05, 4.69) is 36.5 Å². The van der Waals surface area contributed by atoms with Crippen molar-refractivity contribution in [1.82, 2.24) is 5.32 Å². The van der Waals surface area contributed by atoms with Crippen LogP contribution in [0.15, 0.2) is 24.3 Å². The summed E-state index contributed by atoms with van der Waals surface area (Å²) >= 11 is 0. The van der Waals surface area contributed by atoms with Gasteiger partial charge in [0.15, 0.2) is 0 Å². The second kappa shape index (κ2) is 2.38. The minimum absolute atomic E-state index is 0.158. The van der Waals surface area contributed by atoms with Crippen LogP contribution in [0.3, 0.4) is 0 Å². The maximum absolute atomic E-state index is 11.4. The van der Waals surface area contributed by atoms with Crippen LogP contribution in [0.4, 0.5) is 0 Å². The van der Waals surface area contributed by atoms with Gasteiger partial charge in [0.05, 0.1) is 5.92 Å². The molecular formula is C12H13NO. The molecule has 2 atom stereocenters. The zero-order valence-corrected chi connectivity index (χ0v) is 8.21. The van der Waals surface area contributed by atoms with Crippen LogP contribution in [0, 0.1) is 12.8 Å². The molecule has 1 unspecified atom stereocenters. The lowest BCUT2D eigenvalue weighted by molar-refractivity contribution is -0.120. The lowest BCUT2D eigenvalue weighted by Crippen LogP contribution is -2.22. The van der Waals surface area contributed by atoms with E-state index in [1.54, 1.807) is 0 Å². The van der Waals surface area contributed by atoms with E-state index in [1.165, 1.54) is 11.1 Å². The largest absolute Gasteiger partial charge is 0.355 e. The molecule has 1 aliphatic carbocycles. The molecule has 0 aromatic heterocycles. The molecule has 1 aromatic rings. The molecule has 1 saturated heterocycles. The topological polar surface area (TPSA) is 29.1 Å². The van der Waals surface area contributed by atoms with Gasteiger partial charge in [-0.2, -0.15) is 0 Å². The molecule has 2 aliphatic rings. The van der Waals surface area contributed by atoms with E-state index in [4.69, 9.17) is 0 Å². The number of carbonyl (C=O) groups is 1. The lowest BCUT2D eigenvalue weighted by atomic mass is 9.94. The molecule has 0 radical (unpaired) electrons. The Labute approximate surface area is 83.3 Å². The van der Waals surface area contributed by atoms with Crippen molar-refractivity contribution in [3.63, 3.8) is 0 Å². The zero-order chi connectivity index (χ0) is 9.76. The Morgan fingerprint density at radius 3 is 2.57 bits per heavy atom. The standard InChI is InChI=1S/C12H13NO/c1-8-2-4-9(5-3-8)12-6-10(12)11(14)13-7-12/h2-5,10H,6-7H2,1H3,(H,13,14)/t10?,12-/m0/s1. The average molecular weight is 187 g/mol. The Hall–Kier alpha value is -1.31. The third kappa shape index (κ3) is 0.884. The van der Waals surface area contributed by atoms with Crippen LogP contribution in [0.1, 0.15) is 17.5 Å². The van der Waals surface area contributed by atoms with Gasteiger partial charge in [-0.05, 0) is 18.9 Å². The van der Waals surface area contributed by atoms with Crippen LogP contribution in [0.2, 0.25) is 0 Å². The van der Waals surface area contributed by atoms with Gasteiger partial charge >= 0.3 is 0 Å². The minimum atomic E-state index is 0.158. The summed E-state index contributed by atoms with van der Waals surface area (Å²) in [6.07, 6.45) is 1.04. The van der Waals surface area contributed by atoms with Crippen molar-refractivity contribution in [2.24, 2.45) is 5.92 Å². The Kier molecular flexibility index (Phi) is 1.37. The predicted octanol–water partition coefficient (Wildman–Crippen LogP) is 1.38. The molecule has 1 saturated carbocycles. The Morgan fingerprint density at radius 2 is 2.07 bits per heavy atom. The number of aryl methyl sites for hydroxylation is 1. The van der Waals surface area contributed by atoms with Gasteiger partial charge in [0, 0.05) is 12.0 Å².